The average molecular weight is 249 g/mol. The van der Waals surface area contributed by atoms with Crippen molar-refractivity contribution in [3.05, 3.63) is 18.4 Å². The molecule has 0 radical (unpaired) electrons. The standard InChI is InChI=1S/C10H17BrO2/c1-5-6-7-12-9(8-11)13-10(2,3)4/h6,9H,1,7-8H2,2-4H3. The van der Waals surface area contributed by atoms with Crippen LogP contribution in [0.2, 0.25) is 0 Å². The van der Waals surface area contributed by atoms with Crippen LogP contribution >= 0.6 is 15.9 Å². The molecule has 2 nitrogen and oxygen atoms in total. The number of alkyl halides is 1. The zero-order valence-electron chi connectivity index (χ0n) is 8.47. The SMILES string of the molecule is C=C=CCOC(CBr)OC(C)(C)C. The second-order valence-corrected chi connectivity index (χ2v) is 4.20. The monoisotopic (exact) mass is 248 g/mol. The van der Waals surface area contributed by atoms with Gasteiger partial charge < -0.3 is 9.47 Å². The molecule has 0 fully saturated rings. The molecule has 0 saturated carbocycles. The van der Waals surface area contributed by atoms with E-state index in [9.17, 15) is 0 Å². The lowest BCUT2D eigenvalue weighted by Gasteiger charge is -2.25. The van der Waals surface area contributed by atoms with Gasteiger partial charge in [-0.2, -0.15) is 0 Å². The largest absolute Gasteiger partial charge is 0.347 e. The number of hydrogen-bond donors (Lipinski definition) is 0. The minimum atomic E-state index is -0.218. The first-order valence-electron chi connectivity index (χ1n) is 4.19. The summed E-state index contributed by atoms with van der Waals surface area (Å²) in [6, 6.07) is 0. The lowest BCUT2D eigenvalue weighted by molar-refractivity contribution is -0.176. The van der Waals surface area contributed by atoms with Gasteiger partial charge in [-0.05, 0) is 26.8 Å². The molecule has 0 spiro atoms. The summed E-state index contributed by atoms with van der Waals surface area (Å²) in [5, 5.41) is 0.662. The number of ether oxygens (including phenoxy) is 2. The van der Waals surface area contributed by atoms with Crippen molar-refractivity contribution in [3.8, 4) is 0 Å². The maximum Gasteiger partial charge on any atom is 0.168 e. The second-order valence-electron chi connectivity index (χ2n) is 3.56. The Labute approximate surface area is 88.7 Å². The van der Waals surface area contributed by atoms with Crippen LogP contribution in [0.5, 0.6) is 0 Å². The Bertz CT molecular complexity index is 178. The van der Waals surface area contributed by atoms with E-state index >= 15 is 0 Å². The third kappa shape index (κ3) is 8.26. The van der Waals surface area contributed by atoms with Gasteiger partial charge in [0.05, 0.1) is 17.5 Å². The van der Waals surface area contributed by atoms with Gasteiger partial charge in [0.2, 0.25) is 0 Å². The Morgan fingerprint density at radius 3 is 2.54 bits per heavy atom. The molecule has 13 heavy (non-hydrogen) atoms. The van der Waals surface area contributed by atoms with Crippen LogP contribution in [-0.4, -0.2) is 23.8 Å². The first-order chi connectivity index (χ1) is 5.99. The highest BCUT2D eigenvalue weighted by Crippen LogP contribution is 2.13. The van der Waals surface area contributed by atoms with E-state index < -0.39 is 0 Å². The van der Waals surface area contributed by atoms with Crippen molar-refractivity contribution < 1.29 is 9.47 Å². The van der Waals surface area contributed by atoms with Crippen LogP contribution in [-0.2, 0) is 9.47 Å². The summed E-state index contributed by atoms with van der Waals surface area (Å²) in [5.74, 6) is 0. The van der Waals surface area contributed by atoms with Crippen LogP contribution in [0.4, 0.5) is 0 Å². The molecule has 76 valence electrons. The van der Waals surface area contributed by atoms with Crippen LogP contribution in [0.1, 0.15) is 20.8 Å². The van der Waals surface area contributed by atoms with Gasteiger partial charge in [-0.25, -0.2) is 0 Å². The van der Waals surface area contributed by atoms with Gasteiger partial charge in [-0.15, -0.1) is 5.73 Å². The van der Waals surface area contributed by atoms with E-state index in [1.807, 2.05) is 20.8 Å². The van der Waals surface area contributed by atoms with Crippen LogP contribution in [0.15, 0.2) is 18.4 Å². The molecule has 0 amide bonds. The molecule has 0 rings (SSSR count). The number of halogens is 1. The summed E-state index contributed by atoms with van der Waals surface area (Å²) in [4.78, 5) is 0. The summed E-state index contributed by atoms with van der Waals surface area (Å²) >= 11 is 3.32. The van der Waals surface area contributed by atoms with Crippen molar-refractivity contribution in [1.82, 2.24) is 0 Å². The average Bonchev–Trinajstić information content (AvgIpc) is 2.01. The molecule has 1 unspecified atom stereocenters. The van der Waals surface area contributed by atoms with Gasteiger partial charge in [0, 0.05) is 0 Å². The molecule has 0 aromatic carbocycles. The van der Waals surface area contributed by atoms with Crippen molar-refractivity contribution in [2.24, 2.45) is 0 Å². The summed E-state index contributed by atoms with van der Waals surface area (Å²) in [6.07, 6.45) is 1.51. The predicted octanol–water partition coefficient (Wildman–Crippen LogP) is 2.88. The maximum atomic E-state index is 5.60. The molecule has 1 atom stereocenters. The predicted molar refractivity (Wildman–Crippen MR) is 58.1 cm³/mol. The van der Waals surface area contributed by atoms with E-state index in [0.717, 1.165) is 0 Å². The van der Waals surface area contributed by atoms with E-state index in [2.05, 4.69) is 28.2 Å². The molecule has 0 aromatic heterocycles. The van der Waals surface area contributed by atoms with Gasteiger partial charge in [0.15, 0.2) is 6.29 Å². The van der Waals surface area contributed by atoms with E-state index in [0.29, 0.717) is 11.9 Å². The molecule has 0 aliphatic carbocycles. The Morgan fingerprint density at radius 2 is 2.15 bits per heavy atom. The second kappa shape index (κ2) is 6.39. The van der Waals surface area contributed by atoms with Crippen LogP contribution in [0.3, 0.4) is 0 Å². The number of hydrogen-bond acceptors (Lipinski definition) is 2. The summed E-state index contributed by atoms with van der Waals surface area (Å²) in [6.45, 7) is 9.91. The fourth-order valence-corrected chi connectivity index (χ4v) is 1.04. The van der Waals surface area contributed by atoms with Gasteiger partial charge in [0.25, 0.3) is 0 Å². The zero-order valence-corrected chi connectivity index (χ0v) is 10.1. The zero-order chi connectivity index (χ0) is 10.3. The summed E-state index contributed by atoms with van der Waals surface area (Å²) < 4.78 is 11.0. The van der Waals surface area contributed by atoms with E-state index in [1.54, 1.807) is 6.08 Å². The highest BCUT2D eigenvalue weighted by molar-refractivity contribution is 9.09. The normalized spacial score (nSPS) is 13.5. The first kappa shape index (κ1) is 12.9. The smallest absolute Gasteiger partial charge is 0.168 e. The highest BCUT2D eigenvalue weighted by Gasteiger charge is 2.17. The Morgan fingerprint density at radius 1 is 1.54 bits per heavy atom. The van der Waals surface area contributed by atoms with E-state index in [4.69, 9.17) is 9.47 Å². The topological polar surface area (TPSA) is 18.5 Å². The quantitative estimate of drug-likeness (QED) is 0.423. The molecule has 0 N–H and O–H groups in total. The molecule has 0 saturated heterocycles. The van der Waals surface area contributed by atoms with Crippen LogP contribution in [0, 0.1) is 0 Å². The lowest BCUT2D eigenvalue weighted by Crippen LogP contribution is -2.30. The minimum absolute atomic E-state index is 0.184. The molecule has 3 heteroatoms. The van der Waals surface area contributed by atoms with Crippen molar-refractivity contribution in [2.75, 3.05) is 11.9 Å². The fourth-order valence-electron chi connectivity index (χ4n) is 0.719. The Hall–Kier alpha value is -0.0800. The summed E-state index contributed by atoms with van der Waals surface area (Å²) in [5.41, 5.74) is 2.45. The minimum Gasteiger partial charge on any atom is -0.347 e. The first-order valence-corrected chi connectivity index (χ1v) is 5.31. The van der Waals surface area contributed by atoms with E-state index in [-0.39, 0.29) is 11.9 Å². The summed E-state index contributed by atoms with van der Waals surface area (Å²) in [7, 11) is 0. The van der Waals surface area contributed by atoms with Gasteiger partial charge in [-0.1, -0.05) is 22.5 Å². The van der Waals surface area contributed by atoms with Crippen molar-refractivity contribution in [3.63, 3.8) is 0 Å². The van der Waals surface area contributed by atoms with Gasteiger partial charge in [0.1, 0.15) is 0 Å². The maximum absolute atomic E-state index is 5.60. The van der Waals surface area contributed by atoms with Gasteiger partial charge in [-0.3, -0.25) is 0 Å². The third-order valence-electron chi connectivity index (χ3n) is 1.12. The highest BCUT2D eigenvalue weighted by atomic mass is 79.9. The van der Waals surface area contributed by atoms with E-state index in [1.165, 1.54) is 0 Å². The Balaban J connectivity index is 3.82. The number of rotatable bonds is 5. The molecule has 0 heterocycles. The molecule has 0 aliphatic heterocycles. The lowest BCUT2D eigenvalue weighted by atomic mass is 10.2. The molecule has 0 aliphatic rings. The van der Waals surface area contributed by atoms with Crippen molar-refractivity contribution in [1.29, 1.82) is 0 Å². The molecular formula is C10H17BrO2. The van der Waals surface area contributed by atoms with Crippen LogP contribution in [0.25, 0.3) is 0 Å². The molecular weight excluding hydrogens is 232 g/mol. The molecule has 0 bridgehead atoms. The Kier molecular flexibility index (Phi) is 6.35. The fraction of sp³-hybridized carbons (Fsp3) is 0.700. The third-order valence-corrected chi connectivity index (χ3v) is 1.65. The van der Waals surface area contributed by atoms with Crippen LogP contribution < -0.4 is 0 Å². The molecule has 0 aromatic rings. The van der Waals surface area contributed by atoms with Crippen molar-refractivity contribution in [2.45, 2.75) is 32.7 Å². The van der Waals surface area contributed by atoms with Gasteiger partial charge >= 0.3 is 0 Å². The van der Waals surface area contributed by atoms with Crippen molar-refractivity contribution >= 4 is 15.9 Å².